The highest BCUT2D eigenvalue weighted by molar-refractivity contribution is 5.61. The number of nitro benzene ring substituents is 1. The van der Waals surface area contributed by atoms with Gasteiger partial charge in [0.05, 0.1) is 17.6 Å². The van der Waals surface area contributed by atoms with Crippen LogP contribution in [0, 0.1) is 21.8 Å². The summed E-state index contributed by atoms with van der Waals surface area (Å²) in [4.78, 5) is 12.9. The number of nitrogens with one attached hydrogen (secondary N) is 1. The first-order chi connectivity index (χ1) is 11.1. The van der Waals surface area contributed by atoms with Crippen LogP contribution in [0.1, 0.15) is 19.3 Å². The lowest BCUT2D eigenvalue weighted by atomic mass is 10.0. The Morgan fingerprint density at radius 1 is 1.35 bits per heavy atom. The van der Waals surface area contributed by atoms with Crippen molar-refractivity contribution in [2.45, 2.75) is 25.3 Å². The summed E-state index contributed by atoms with van der Waals surface area (Å²) in [5, 5.41) is 14.3. The van der Waals surface area contributed by atoms with Crippen molar-refractivity contribution >= 4 is 11.4 Å². The van der Waals surface area contributed by atoms with Crippen LogP contribution in [-0.4, -0.2) is 48.7 Å². The summed E-state index contributed by atoms with van der Waals surface area (Å²) in [6, 6.07) is 3.87. The molecule has 1 aromatic rings. The minimum absolute atomic E-state index is 0.190. The lowest BCUT2D eigenvalue weighted by molar-refractivity contribution is -0.384. The molecular formula is C16H22FN3O3. The standard InChI is InChI=1S/C16H22FN3O3/c17-13-1-2-15(16(9-13)20(21)22)18-14-3-6-19(7-4-14)10-12-5-8-23-11-12/h1-2,9,12,14,18H,3-8,10-11H2. The number of rotatable bonds is 5. The Bertz CT molecular complexity index is 556. The van der Waals surface area contributed by atoms with Gasteiger partial charge >= 0.3 is 0 Å². The summed E-state index contributed by atoms with van der Waals surface area (Å²) in [5.74, 6) is 0.0496. The topological polar surface area (TPSA) is 67.6 Å². The van der Waals surface area contributed by atoms with Crippen LogP contribution in [0.2, 0.25) is 0 Å². The monoisotopic (exact) mass is 323 g/mol. The lowest BCUT2D eigenvalue weighted by Crippen LogP contribution is -2.41. The highest BCUT2D eigenvalue weighted by atomic mass is 19.1. The van der Waals surface area contributed by atoms with Crippen molar-refractivity contribution in [2.24, 2.45) is 5.92 Å². The van der Waals surface area contributed by atoms with Crippen molar-refractivity contribution in [1.82, 2.24) is 4.90 Å². The molecule has 2 aliphatic heterocycles. The Kier molecular flexibility index (Phi) is 5.07. The van der Waals surface area contributed by atoms with Gasteiger partial charge in [-0.2, -0.15) is 0 Å². The Balaban J connectivity index is 1.53. The van der Waals surface area contributed by atoms with Gasteiger partial charge < -0.3 is 15.0 Å². The Morgan fingerprint density at radius 3 is 2.78 bits per heavy atom. The minimum Gasteiger partial charge on any atom is -0.381 e. The predicted octanol–water partition coefficient (Wildman–Crippen LogP) is 2.65. The maximum absolute atomic E-state index is 13.2. The molecule has 0 bridgehead atoms. The molecule has 1 unspecified atom stereocenters. The van der Waals surface area contributed by atoms with E-state index in [9.17, 15) is 14.5 Å². The number of hydrogen-bond donors (Lipinski definition) is 1. The number of nitrogens with zero attached hydrogens (tertiary/aromatic N) is 2. The molecule has 7 heteroatoms. The number of likely N-dealkylation sites (tertiary alicyclic amines) is 1. The van der Waals surface area contributed by atoms with Crippen LogP contribution < -0.4 is 5.32 Å². The predicted molar refractivity (Wildman–Crippen MR) is 85.1 cm³/mol. The smallest absolute Gasteiger partial charge is 0.295 e. The van der Waals surface area contributed by atoms with Gasteiger partial charge in [0.25, 0.3) is 5.69 Å². The van der Waals surface area contributed by atoms with Crippen molar-refractivity contribution in [3.8, 4) is 0 Å². The van der Waals surface area contributed by atoms with Gasteiger partial charge in [-0.05, 0) is 37.3 Å². The molecule has 1 atom stereocenters. The molecule has 23 heavy (non-hydrogen) atoms. The van der Waals surface area contributed by atoms with E-state index in [0.717, 1.165) is 58.2 Å². The average Bonchev–Trinajstić information content (AvgIpc) is 3.04. The first-order valence-corrected chi connectivity index (χ1v) is 8.12. The molecule has 0 amide bonds. The van der Waals surface area contributed by atoms with Crippen molar-refractivity contribution in [3.05, 3.63) is 34.1 Å². The largest absolute Gasteiger partial charge is 0.381 e. The Morgan fingerprint density at radius 2 is 2.13 bits per heavy atom. The number of halogens is 1. The number of benzene rings is 1. The van der Waals surface area contributed by atoms with Crippen LogP contribution >= 0.6 is 0 Å². The third-order valence-corrected chi connectivity index (χ3v) is 4.64. The second-order valence-electron chi connectivity index (χ2n) is 6.37. The SMILES string of the molecule is O=[N+]([O-])c1cc(F)ccc1NC1CCN(CC2CCOC2)CC1. The number of piperidine rings is 1. The number of nitro groups is 1. The van der Waals surface area contributed by atoms with Crippen LogP contribution in [0.25, 0.3) is 0 Å². The van der Waals surface area contributed by atoms with Crippen LogP contribution in [0.5, 0.6) is 0 Å². The van der Waals surface area contributed by atoms with Crippen LogP contribution in [0.3, 0.4) is 0 Å². The van der Waals surface area contributed by atoms with E-state index in [1.807, 2.05) is 0 Å². The van der Waals surface area contributed by atoms with E-state index in [-0.39, 0.29) is 11.7 Å². The first kappa shape index (κ1) is 16.1. The Hall–Kier alpha value is -1.73. The molecule has 2 aliphatic rings. The Labute approximate surface area is 134 Å². The van der Waals surface area contributed by atoms with Gasteiger partial charge in [-0.15, -0.1) is 0 Å². The van der Waals surface area contributed by atoms with E-state index in [1.165, 1.54) is 12.1 Å². The number of hydrogen-bond acceptors (Lipinski definition) is 5. The molecule has 0 radical (unpaired) electrons. The third-order valence-electron chi connectivity index (χ3n) is 4.64. The van der Waals surface area contributed by atoms with E-state index < -0.39 is 10.7 Å². The molecular weight excluding hydrogens is 301 g/mol. The minimum atomic E-state index is -0.587. The molecule has 1 N–H and O–H groups in total. The molecule has 3 rings (SSSR count). The zero-order valence-electron chi connectivity index (χ0n) is 13.0. The van der Waals surface area contributed by atoms with Crippen molar-refractivity contribution in [3.63, 3.8) is 0 Å². The molecule has 2 fully saturated rings. The molecule has 6 nitrogen and oxygen atoms in total. The molecule has 0 spiro atoms. The van der Waals surface area contributed by atoms with Crippen molar-refractivity contribution in [2.75, 3.05) is 38.2 Å². The number of ether oxygens (including phenoxy) is 1. The summed E-state index contributed by atoms with van der Waals surface area (Å²) in [6.07, 6.45) is 3.00. The molecule has 1 aromatic carbocycles. The molecule has 2 heterocycles. The van der Waals surface area contributed by atoms with E-state index in [2.05, 4.69) is 10.2 Å². The molecule has 2 saturated heterocycles. The maximum Gasteiger partial charge on any atom is 0.295 e. The van der Waals surface area contributed by atoms with E-state index >= 15 is 0 Å². The van der Waals surface area contributed by atoms with Gasteiger partial charge in [0.1, 0.15) is 11.5 Å². The lowest BCUT2D eigenvalue weighted by Gasteiger charge is -2.33. The van der Waals surface area contributed by atoms with Gasteiger partial charge in [0.2, 0.25) is 0 Å². The second-order valence-corrected chi connectivity index (χ2v) is 6.37. The fraction of sp³-hybridized carbons (Fsp3) is 0.625. The highest BCUT2D eigenvalue weighted by Gasteiger charge is 2.25. The fourth-order valence-corrected chi connectivity index (χ4v) is 3.35. The first-order valence-electron chi connectivity index (χ1n) is 8.12. The normalized spacial score (nSPS) is 23.1. The van der Waals surface area contributed by atoms with Gasteiger partial charge in [0, 0.05) is 32.3 Å². The quantitative estimate of drug-likeness (QED) is 0.666. The van der Waals surface area contributed by atoms with Crippen molar-refractivity contribution in [1.29, 1.82) is 0 Å². The molecule has 126 valence electrons. The summed E-state index contributed by atoms with van der Waals surface area (Å²) in [7, 11) is 0. The summed E-state index contributed by atoms with van der Waals surface area (Å²) in [5.41, 5.74) is 0.203. The van der Waals surface area contributed by atoms with Crippen LogP contribution in [0.15, 0.2) is 18.2 Å². The number of anilines is 1. The molecule has 0 aliphatic carbocycles. The summed E-state index contributed by atoms with van der Waals surface area (Å²) < 4.78 is 18.6. The summed E-state index contributed by atoms with van der Waals surface area (Å²) in [6.45, 7) is 4.76. The van der Waals surface area contributed by atoms with Gasteiger partial charge in [-0.25, -0.2) is 4.39 Å². The average molecular weight is 323 g/mol. The van der Waals surface area contributed by atoms with Crippen LogP contribution in [0.4, 0.5) is 15.8 Å². The fourth-order valence-electron chi connectivity index (χ4n) is 3.35. The summed E-state index contributed by atoms with van der Waals surface area (Å²) >= 11 is 0. The molecule has 0 saturated carbocycles. The van der Waals surface area contributed by atoms with Crippen LogP contribution in [-0.2, 0) is 4.74 Å². The van der Waals surface area contributed by atoms with Gasteiger partial charge in [-0.3, -0.25) is 10.1 Å². The van der Waals surface area contributed by atoms with E-state index in [0.29, 0.717) is 11.6 Å². The van der Waals surface area contributed by atoms with E-state index in [4.69, 9.17) is 4.74 Å². The zero-order chi connectivity index (χ0) is 16.2. The third kappa shape index (κ3) is 4.17. The van der Waals surface area contributed by atoms with Gasteiger partial charge in [-0.1, -0.05) is 0 Å². The second kappa shape index (κ2) is 7.23. The van der Waals surface area contributed by atoms with Crippen molar-refractivity contribution < 1.29 is 14.1 Å². The maximum atomic E-state index is 13.2. The van der Waals surface area contributed by atoms with E-state index in [1.54, 1.807) is 0 Å². The van der Waals surface area contributed by atoms with Gasteiger partial charge in [0.15, 0.2) is 0 Å². The highest BCUT2D eigenvalue weighted by Crippen LogP contribution is 2.27. The molecule has 0 aromatic heterocycles. The zero-order valence-corrected chi connectivity index (χ0v) is 13.0.